The summed E-state index contributed by atoms with van der Waals surface area (Å²) in [5.74, 6) is -0.276. The number of nitrogens with two attached hydrogens (primary N) is 1. The van der Waals surface area contributed by atoms with Crippen LogP contribution in [0.1, 0.15) is 32.6 Å². The van der Waals surface area contributed by atoms with Crippen LogP contribution < -0.4 is 5.73 Å². The number of carbonyl (C=O) groups is 1. The van der Waals surface area contributed by atoms with Gasteiger partial charge in [0.25, 0.3) is 0 Å². The van der Waals surface area contributed by atoms with Crippen LogP contribution in [0.25, 0.3) is 0 Å². The summed E-state index contributed by atoms with van der Waals surface area (Å²) in [5, 5.41) is 0. The summed E-state index contributed by atoms with van der Waals surface area (Å²) in [4.78, 5) is 13.6. The molecule has 1 heterocycles. The van der Waals surface area contributed by atoms with Gasteiger partial charge in [-0.05, 0) is 32.9 Å². The molecule has 0 radical (unpaired) electrons. The van der Waals surface area contributed by atoms with E-state index in [0.29, 0.717) is 13.2 Å². The van der Waals surface area contributed by atoms with E-state index >= 15 is 0 Å². The zero-order valence-electron chi connectivity index (χ0n) is 9.58. The lowest BCUT2D eigenvalue weighted by Crippen LogP contribution is -2.44. The van der Waals surface area contributed by atoms with Gasteiger partial charge in [0, 0.05) is 6.54 Å². The van der Waals surface area contributed by atoms with Crippen LogP contribution in [0.15, 0.2) is 0 Å². The molecule has 15 heavy (non-hydrogen) atoms. The zero-order valence-corrected chi connectivity index (χ0v) is 9.58. The van der Waals surface area contributed by atoms with Crippen LogP contribution in [0.3, 0.4) is 0 Å². The SMILES string of the molecule is CCOC(=O)C(N)CN1CCCCCC1. The van der Waals surface area contributed by atoms with Crippen molar-refractivity contribution in [2.75, 3.05) is 26.2 Å². The Hall–Kier alpha value is -0.610. The fraction of sp³-hybridized carbons (Fsp3) is 0.909. The second-order valence-electron chi connectivity index (χ2n) is 4.07. The number of ether oxygens (including phenoxy) is 1. The van der Waals surface area contributed by atoms with E-state index in [1.165, 1.54) is 25.7 Å². The Balaban J connectivity index is 2.28. The van der Waals surface area contributed by atoms with E-state index in [2.05, 4.69) is 4.90 Å². The van der Waals surface area contributed by atoms with Gasteiger partial charge >= 0.3 is 5.97 Å². The minimum atomic E-state index is -0.483. The molecule has 1 aliphatic rings. The van der Waals surface area contributed by atoms with Gasteiger partial charge in [0.15, 0.2) is 0 Å². The van der Waals surface area contributed by atoms with Gasteiger partial charge in [-0.1, -0.05) is 12.8 Å². The highest BCUT2D eigenvalue weighted by Gasteiger charge is 2.19. The molecule has 1 atom stereocenters. The average molecular weight is 214 g/mol. The number of rotatable bonds is 4. The van der Waals surface area contributed by atoms with Gasteiger partial charge < -0.3 is 15.4 Å². The molecule has 4 nitrogen and oxygen atoms in total. The first-order valence-electron chi connectivity index (χ1n) is 5.88. The van der Waals surface area contributed by atoms with Gasteiger partial charge in [-0.15, -0.1) is 0 Å². The van der Waals surface area contributed by atoms with Crippen molar-refractivity contribution in [3.63, 3.8) is 0 Å². The van der Waals surface area contributed by atoms with Crippen molar-refractivity contribution in [1.82, 2.24) is 4.90 Å². The molecule has 0 saturated carbocycles. The molecule has 1 saturated heterocycles. The Morgan fingerprint density at radius 1 is 1.33 bits per heavy atom. The van der Waals surface area contributed by atoms with Crippen molar-refractivity contribution in [1.29, 1.82) is 0 Å². The molecule has 2 N–H and O–H groups in total. The Labute approximate surface area is 91.8 Å². The molecule has 1 unspecified atom stereocenters. The number of esters is 1. The summed E-state index contributed by atoms with van der Waals surface area (Å²) in [6, 6.07) is -0.483. The van der Waals surface area contributed by atoms with Gasteiger partial charge in [-0.3, -0.25) is 4.79 Å². The second-order valence-corrected chi connectivity index (χ2v) is 4.07. The van der Waals surface area contributed by atoms with Gasteiger partial charge in [0.1, 0.15) is 6.04 Å². The topological polar surface area (TPSA) is 55.6 Å². The molecular weight excluding hydrogens is 192 g/mol. The molecule has 1 rings (SSSR count). The molecule has 1 aliphatic heterocycles. The Morgan fingerprint density at radius 2 is 1.93 bits per heavy atom. The maximum absolute atomic E-state index is 11.3. The average Bonchev–Trinajstić information content (AvgIpc) is 2.46. The highest BCUT2D eigenvalue weighted by Crippen LogP contribution is 2.09. The standard InChI is InChI=1S/C11H22N2O2/c1-2-15-11(14)10(12)9-13-7-5-3-4-6-8-13/h10H,2-9,12H2,1H3. The fourth-order valence-corrected chi connectivity index (χ4v) is 1.92. The molecule has 1 fully saturated rings. The molecule has 0 aromatic rings. The van der Waals surface area contributed by atoms with Crippen molar-refractivity contribution < 1.29 is 9.53 Å². The summed E-state index contributed by atoms with van der Waals surface area (Å²) < 4.78 is 4.89. The maximum Gasteiger partial charge on any atom is 0.324 e. The molecule has 0 bridgehead atoms. The van der Waals surface area contributed by atoms with Crippen LogP contribution in [0.2, 0.25) is 0 Å². The molecule has 4 heteroatoms. The molecule has 0 aromatic carbocycles. The predicted octanol–water partition coefficient (Wildman–Crippen LogP) is 0.753. The van der Waals surface area contributed by atoms with E-state index < -0.39 is 6.04 Å². The van der Waals surface area contributed by atoms with Gasteiger partial charge in [0.05, 0.1) is 6.61 Å². The van der Waals surface area contributed by atoms with E-state index in [1.807, 2.05) is 0 Å². The normalized spacial score (nSPS) is 20.7. The summed E-state index contributed by atoms with van der Waals surface area (Å²) >= 11 is 0. The number of hydrogen-bond acceptors (Lipinski definition) is 4. The smallest absolute Gasteiger partial charge is 0.324 e. The predicted molar refractivity (Wildman–Crippen MR) is 59.5 cm³/mol. The van der Waals surface area contributed by atoms with Crippen molar-refractivity contribution in [3.8, 4) is 0 Å². The van der Waals surface area contributed by atoms with E-state index in [9.17, 15) is 4.79 Å². The van der Waals surface area contributed by atoms with Crippen molar-refractivity contribution >= 4 is 5.97 Å². The largest absolute Gasteiger partial charge is 0.465 e. The zero-order chi connectivity index (χ0) is 11.1. The van der Waals surface area contributed by atoms with Gasteiger partial charge in [-0.2, -0.15) is 0 Å². The van der Waals surface area contributed by atoms with Crippen molar-refractivity contribution in [3.05, 3.63) is 0 Å². The summed E-state index contributed by atoms with van der Waals surface area (Å²) in [6.45, 7) is 4.97. The molecule has 88 valence electrons. The van der Waals surface area contributed by atoms with Gasteiger partial charge in [0.2, 0.25) is 0 Å². The van der Waals surface area contributed by atoms with Crippen LogP contribution in [0, 0.1) is 0 Å². The first-order valence-corrected chi connectivity index (χ1v) is 5.88. The van der Waals surface area contributed by atoms with E-state index in [1.54, 1.807) is 6.92 Å². The van der Waals surface area contributed by atoms with E-state index in [-0.39, 0.29) is 5.97 Å². The van der Waals surface area contributed by atoms with Crippen LogP contribution in [0.5, 0.6) is 0 Å². The lowest BCUT2D eigenvalue weighted by molar-refractivity contribution is -0.145. The maximum atomic E-state index is 11.3. The number of hydrogen-bond donors (Lipinski definition) is 1. The summed E-state index contributed by atoms with van der Waals surface area (Å²) in [6.07, 6.45) is 5.03. The summed E-state index contributed by atoms with van der Waals surface area (Å²) in [5.41, 5.74) is 5.77. The molecular formula is C11H22N2O2. The fourth-order valence-electron chi connectivity index (χ4n) is 1.92. The van der Waals surface area contributed by atoms with Crippen molar-refractivity contribution in [2.45, 2.75) is 38.6 Å². The minimum absolute atomic E-state index is 0.276. The third kappa shape index (κ3) is 4.62. The Bertz CT molecular complexity index is 189. The van der Waals surface area contributed by atoms with E-state index in [0.717, 1.165) is 13.1 Å². The first-order chi connectivity index (χ1) is 7.24. The van der Waals surface area contributed by atoms with E-state index in [4.69, 9.17) is 10.5 Å². The monoisotopic (exact) mass is 214 g/mol. The van der Waals surface area contributed by atoms with Gasteiger partial charge in [-0.25, -0.2) is 0 Å². The van der Waals surface area contributed by atoms with Crippen LogP contribution >= 0.6 is 0 Å². The lowest BCUT2D eigenvalue weighted by Gasteiger charge is -2.22. The second kappa shape index (κ2) is 6.80. The highest BCUT2D eigenvalue weighted by molar-refractivity contribution is 5.75. The van der Waals surface area contributed by atoms with Crippen LogP contribution in [0.4, 0.5) is 0 Å². The molecule has 0 spiro atoms. The third-order valence-electron chi connectivity index (χ3n) is 2.74. The first kappa shape index (κ1) is 12.5. The molecule has 0 aromatic heterocycles. The summed E-state index contributed by atoms with van der Waals surface area (Å²) in [7, 11) is 0. The molecule has 0 amide bonds. The van der Waals surface area contributed by atoms with Crippen LogP contribution in [-0.4, -0.2) is 43.2 Å². The number of nitrogens with zero attached hydrogens (tertiary/aromatic N) is 1. The quantitative estimate of drug-likeness (QED) is 0.702. The minimum Gasteiger partial charge on any atom is -0.465 e. The third-order valence-corrected chi connectivity index (χ3v) is 2.74. The Kier molecular flexibility index (Phi) is 5.65. The highest BCUT2D eigenvalue weighted by atomic mass is 16.5. The van der Waals surface area contributed by atoms with Crippen molar-refractivity contribution in [2.24, 2.45) is 5.73 Å². The lowest BCUT2D eigenvalue weighted by atomic mass is 10.2. The number of likely N-dealkylation sites (tertiary alicyclic amines) is 1. The molecule has 0 aliphatic carbocycles. The number of carbonyl (C=O) groups excluding carboxylic acids is 1. The van der Waals surface area contributed by atoms with Crippen LogP contribution in [-0.2, 0) is 9.53 Å². The Morgan fingerprint density at radius 3 is 2.47 bits per heavy atom.